The Morgan fingerprint density at radius 2 is 1.95 bits per heavy atom. The molecule has 14 heteroatoms. The van der Waals surface area contributed by atoms with Gasteiger partial charge in [0.2, 0.25) is 5.95 Å². The number of halogens is 5. The normalized spacial score (nSPS) is 15.3. The van der Waals surface area contributed by atoms with E-state index >= 15 is 0 Å². The average molecular weight is 553 g/mol. The fourth-order valence-electron chi connectivity index (χ4n) is 4.45. The van der Waals surface area contributed by atoms with Crippen molar-refractivity contribution in [3.63, 3.8) is 0 Å². The molecule has 1 saturated heterocycles. The van der Waals surface area contributed by atoms with Crippen LogP contribution in [0.25, 0.3) is 16.6 Å². The highest BCUT2D eigenvalue weighted by Gasteiger charge is 2.35. The molecule has 0 bridgehead atoms. The first kappa shape index (κ1) is 25.9. The summed E-state index contributed by atoms with van der Waals surface area (Å²) in [6, 6.07) is 5.18. The summed E-state index contributed by atoms with van der Waals surface area (Å²) in [6.45, 7) is 2.35. The van der Waals surface area contributed by atoms with E-state index in [1.807, 2.05) is 0 Å². The third kappa shape index (κ3) is 4.78. The number of benzene rings is 1. The van der Waals surface area contributed by atoms with Crippen LogP contribution in [0.3, 0.4) is 0 Å². The SMILES string of the molecule is CC(Nc1ccc(Cl)nc1C(=O)O)c1cc(CF)cc2c1nc(N1CCOCC1)n1cc(C(F)(F)F)nc21. The molecule has 9 nitrogen and oxygen atoms in total. The van der Waals surface area contributed by atoms with Crippen LogP contribution in [0.4, 0.5) is 29.2 Å². The highest BCUT2D eigenvalue weighted by molar-refractivity contribution is 6.29. The zero-order valence-corrected chi connectivity index (χ0v) is 20.6. The number of nitrogens with one attached hydrogen (secondary N) is 1. The number of carbonyl (C=O) groups is 1. The van der Waals surface area contributed by atoms with Gasteiger partial charge in [0.1, 0.15) is 17.5 Å². The Hall–Kier alpha value is -3.71. The molecule has 0 spiro atoms. The van der Waals surface area contributed by atoms with Crippen LogP contribution in [0, 0.1) is 0 Å². The van der Waals surface area contributed by atoms with Crippen LogP contribution < -0.4 is 10.2 Å². The molecule has 0 amide bonds. The predicted molar refractivity (Wildman–Crippen MR) is 132 cm³/mol. The van der Waals surface area contributed by atoms with Crippen LogP contribution in [0.1, 0.15) is 40.3 Å². The van der Waals surface area contributed by atoms with Crippen LogP contribution in [-0.2, 0) is 17.6 Å². The van der Waals surface area contributed by atoms with Crippen molar-refractivity contribution < 1.29 is 32.2 Å². The molecule has 2 N–H and O–H groups in total. The van der Waals surface area contributed by atoms with Crippen LogP contribution >= 0.6 is 11.6 Å². The molecule has 1 aliphatic heterocycles. The molecule has 0 saturated carbocycles. The Balaban J connectivity index is 1.73. The van der Waals surface area contributed by atoms with Gasteiger partial charge in [0.25, 0.3) is 0 Å². The van der Waals surface area contributed by atoms with Crippen LogP contribution in [-0.4, -0.2) is 56.7 Å². The van der Waals surface area contributed by atoms with Gasteiger partial charge in [0, 0.05) is 30.2 Å². The molecule has 3 aromatic heterocycles. The minimum Gasteiger partial charge on any atom is -0.476 e. The molecule has 1 unspecified atom stereocenters. The maximum atomic E-state index is 13.9. The number of carboxylic acids is 1. The van der Waals surface area contributed by atoms with Crippen molar-refractivity contribution in [2.24, 2.45) is 0 Å². The summed E-state index contributed by atoms with van der Waals surface area (Å²) in [5, 5.41) is 12.8. The Bertz CT molecular complexity index is 1540. The van der Waals surface area contributed by atoms with Crippen molar-refractivity contribution in [3.05, 3.63) is 58.1 Å². The molecule has 200 valence electrons. The number of pyridine rings is 1. The summed E-state index contributed by atoms with van der Waals surface area (Å²) in [5.74, 6) is -1.07. The van der Waals surface area contributed by atoms with E-state index in [-0.39, 0.29) is 39.1 Å². The van der Waals surface area contributed by atoms with Gasteiger partial charge in [0.15, 0.2) is 11.4 Å². The Morgan fingerprint density at radius 3 is 2.61 bits per heavy atom. The van der Waals surface area contributed by atoms with Gasteiger partial charge in [0.05, 0.1) is 30.5 Å². The first-order valence-corrected chi connectivity index (χ1v) is 11.9. The van der Waals surface area contributed by atoms with Crippen molar-refractivity contribution in [1.29, 1.82) is 0 Å². The number of imidazole rings is 1. The summed E-state index contributed by atoms with van der Waals surface area (Å²) in [6.07, 6.45) is -3.82. The van der Waals surface area contributed by atoms with Crippen LogP contribution in [0.2, 0.25) is 5.15 Å². The smallest absolute Gasteiger partial charge is 0.434 e. The highest BCUT2D eigenvalue weighted by Crippen LogP contribution is 2.36. The molecular weight excluding hydrogens is 532 g/mol. The fraction of sp³-hybridized carbons (Fsp3) is 0.333. The standard InChI is InChI=1S/C24H21ClF4N6O3/c1-12(30-16-2-3-18(25)32-20(16)22(36)37)14-8-13(10-26)9-15-19(14)33-23(34-4-6-38-7-5-34)35-11-17(24(27,28)29)31-21(15)35/h2-3,8-9,11-12,30H,4-7,10H2,1H3,(H,36,37). The van der Waals surface area contributed by atoms with E-state index in [9.17, 15) is 27.5 Å². The number of alkyl halides is 4. The summed E-state index contributed by atoms with van der Waals surface area (Å²) >= 11 is 5.86. The molecule has 4 heterocycles. The Labute approximate surface area is 218 Å². The summed E-state index contributed by atoms with van der Waals surface area (Å²) in [5.41, 5.74) is -0.340. The number of rotatable bonds is 6. The van der Waals surface area contributed by atoms with E-state index in [4.69, 9.17) is 21.3 Å². The second kappa shape index (κ2) is 9.87. The van der Waals surface area contributed by atoms with E-state index < -0.39 is 30.6 Å². The number of ether oxygens (including phenoxy) is 1. The number of hydrogen-bond acceptors (Lipinski definition) is 7. The van der Waals surface area contributed by atoms with Crippen molar-refractivity contribution in [2.45, 2.75) is 25.8 Å². The number of aromatic carboxylic acids is 1. The molecule has 38 heavy (non-hydrogen) atoms. The maximum absolute atomic E-state index is 13.9. The second-order valence-corrected chi connectivity index (χ2v) is 9.13. The third-order valence-corrected chi connectivity index (χ3v) is 6.42. The van der Waals surface area contributed by atoms with E-state index in [1.54, 1.807) is 17.9 Å². The Kier molecular flexibility index (Phi) is 6.73. The molecule has 1 atom stereocenters. The first-order chi connectivity index (χ1) is 18.1. The van der Waals surface area contributed by atoms with E-state index in [0.717, 1.165) is 6.20 Å². The van der Waals surface area contributed by atoms with Gasteiger partial charge in [-0.1, -0.05) is 11.6 Å². The van der Waals surface area contributed by atoms with Gasteiger partial charge in [-0.2, -0.15) is 13.2 Å². The minimum atomic E-state index is -4.70. The summed E-state index contributed by atoms with van der Waals surface area (Å²) in [4.78, 5) is 26.0. The topological polar surface area (TPSA) is 105 Å². The molecule has 0 radical (unpaired) electrons. The van der Waals surface area contributed by atoms with Crippen molar-refractivity contribution in [3.8, 4) is 0 Å². The minimum absolute atomic E-state index is 0.00975. The van der Waals surface area contributed by atoms with Gasteiger partial charge in [-0.3, -0.25) is 4.40 Å². The van der Waals surface area contributed by atoms with Gasteiger partial charge in [-0.05, 0) is 36.8 Å². The molecule has 0 aliphatic carbocycles. The van der Waals surface area contributed by atoms with Gasteiger partial charge in [-0.25, -0.2) is 24.1 Å². The number of nitrogens with zero attached hydrogens (tertiary/aromatic N) is 5. The molecule has 1 fully saturated rings. The van der Waals surface area contributed by atoms with Crippen molar-refractivity contribution in [2.75, 3.05) is 36.5 Å². The van der Waals surface area contributed by atoms with E-state index in [0.29, 0.717) is 37.4 Å². The zero-order chi connectivity index (χ0) is 27.2. The summed E-state index contributed by atoms with van der Waals surface area (Å²) < 4.78 is 61.6. The molecule has 1 aliphatic rings. The number of anilines is 2. The number of hydrogen-bond donors (Lipinski definition) is 2. The maximum Gasteiger partial charge on any atom is 0.434 e. The Morgan fingerprint density at radius 1 is 1.21 bits per heavy atom. The third-order valence-electron chi connectivity index (χ3n) is 6.21. The number of fused-ring (bicyclic) bond motifs is 3. The largest absolute Gasteiger partial charge is 0.476 e. The monoisotopic (exact) mass is 552 g/mol. The number of morpholine rings is 1. The van der Waals surface area contributed by atoms with Crippen LogP contribution in [0.15, 0.2) is 30.5 Å². The molecule has 5 rings (SSSR count). The van der Waals surface area contributed by atoms with Gasteiger partial charge < -0.3 is 20.1 Å². The molecule has 4 aromatic rings. The van der Waals surface area contributed by atoms with E-state index in [2.05, 4.69) is 15.3 Å². The predicted octanol–water partition coefficient (Wildman–Crippen LogP) is 5.13. The average Bonchev–Trinajstić information content (AvgIpc) is 3.35. The first-order valence-electron chi connectivity index (χ1n) is 11.5. The van der Waals surface area contributed by atoms with E-state index in [1.165, 1.54) is 22.6 Å². The second-order valence-electron chi connectivity index (χ2n) is 8.74. The van der Waals surface area contributed by atoms with Gasteiger partial charge in [-0.15, -0.1) is 0 Å². The van der Waals surface area contributed by atoms with Gasteiger partial charge >= 0.3 is 12.1 Å². The van der Waals surface area contributed by atoms with Crippen LogP contribution in [0.5, 0.6) is 0 Å². The fourth-order valence-corrected chi connectivity index (χ4v) is 4.59. The quantitative estimate of drug-likeness (QED) is 0.251. The lowest BCUT2D eigenvalue weighted by molar-refractivity contribution is -0.140. The molecule has 1 aromatic carbocycles. The number of aromatic nitrogens is 4. The lowest BCUT2D eigenvalue weighted by atomic mass is 10.0. The zero-order valence-electron chi connectivity index (χ0n) is 19.9. The van der Waals surface area contributed by atoms with Crippen molar-refractivity contribution >= 4 is 45.8 Å². The van der Waals surface area contributed by atoms with Crippen molar-refractivity contribution in [1.82, 2.24) is 19.4 Å². The highest BCUT2D eigenvalue weighted by atomic mass is 35.5. The lowest BCUT2D eigenvalue weighted by Crippen LogP contribution is -2.38. The summed E-state index contributed by atoms with van der Waals surface area (Å²) in [7, 11) is 0. The molecular formula is C24H21ClF4N6O3. The number of carboxylic acid groups (broad SMARTS) is 1. The lowest BCUT2D eigenvalue weighted by Gasteiger charge is -2.29.